The summed E-state index contributed by atoms with van der Waals surface area (Å²) in [5.74, 6) is 0. The van der Waals surface area contributed by atoms with E-state index in [-0.39, 0.29) is 6.04 Å². The second kappa shape index (κ2) is 6.94. The summed E-state index contributed by atoms with van der Waals surface area (Å²) in [6.45, 7) is 5.11. The van der Waals surface area contributed by atoms with Gasteiger partial charge in [0, 0.05) is 30.8 Å². The van der Waals surface area contributed by atoms with Crippen LogP contribution >= 0.6 is 34.5 Å². The highest BCUT2D eigenvalue weighted by atomic mass is 35.5. The van der Waals surface area contributed by atoms with E-state index in [2.05, 4.69) is 23.4 Å². The largest absolute Gasteiger partial charge is 0.310 e. The second-order valence-corrected chi connectivity index (χ2v) is 7.18. The smallest absolute Gasteiger partial charge is 0.0992 e. The maximum absolute atomic E-state index is 6.30. The lowest BCUT2D eigenvalue weighted by molar-refractivity contribution is 0.513. The van der Waals surface area contributed by atoms with Crippen LogP contribution in [-0.4, -0.2) is 16.3 Å². The molecule has 0 saturated carbocycles. The van der Waals surface area contributed by atoms with Crippen molar-refractivity contribution in [1.29, 1.82) is 0 Å². The van der Waals surface area contributed by atoms with Gasteiger partial charge in [0.2, 0.25) is 0 Å². The lowest BCUT2D eigenvalue weighted by Gasteiger charge is -2.18. The lowest BCUT2D eigenvalue weighted by Crippen LogP contribution is -2.24. The molecule has 0 spiro atoms. The van der Waals surface area contributed by atoms with Crippen LogP contribution < -0.4 is 5.32 Å². The number of aromatic nitrogens is 2. The van der Waals surface area contributed by atoms with E-state index in [0.717, 1.165) is 39.3 Å². The monoisotopic (exact) mass is 331 g/mol. The van der Waals surface area contributed by atoms with E-state index in [9.17, 15) is 0 Å². The molecule has 1 unspecified atom stereocenters. The fourth-order valence-electron chi connectivity index (χ4n) is 2.27. The first kappa shape index (κ1) is 15.8. The van der Waals surface area contributed by atoms with Gasteiger partial charge in [-0.2, -0.15) is 5.10 Å². The van der Waals surface area contributed by atoms with Crippen LogP contribution in [0.3, 0.4) is 0 Å². The second-order valence-electron chi connectivity index (χ2n) is 4.89. The maximum Gasteiger partial charge on any atom is 0.0992 e. The number of halogens is 2. The van der Waals surface area contributed by atoms with Crippen LogP contribution in [-0.2, 0) is 13.5 Å². The van der Waals surface area contributed by atoms with Crippen molar-refractivity contribution in [2.45, 2.75) is 32.7 Å². The van der Waals surface area contributed by atoms with Gasteiger partial charge in [-0.25, -0.2) is 0 Å². The molecule has 110 valence electrons. The zero-order valence-electron chi connectivity index (χ0n) is 11.9. The average molecular weight is 332 g/mol. The standard InChI is InChI=1S/C14H19Cl2N3S/c1-4-5-17-12(11-8-13(15)20-14(11)16)7-10-6-9(2)18-19(10)3/h6,8,12,17H,4-5,7H2,1-3H3. The predicted octanol–water partition coefficient (Wildman–Crippen LogP) is 4.38. The van der Waals surface area contributed by atoms with Gasteiger partial charge in [0.05, 0.1) is 14.4 Å². The third-order valence-corrected chi connectivity index (χ3v) is 4.73. The Bertz CT molecular complexity index is 577. The summed E-state index contributed by atoms with van der Waals surface area (Å²) < 4.78 is 3.43. The summed E-state index contributed by atoms with van der Waals surface area (Å²) in [6, 6.07) is 4.24. The zero-order valence-corrected chi connectivity index (χ0v) is 14.2. The van der Waals surface area contributed by atoms with Gasteiger partial charge in [-0.3, -0.25) is 4.68 Å². The van der Waals surface area contributed by atoms with Crippen LogP contribution in [0.25, 0.3) is 0 Å². The summed E-state index contributed by atoms with van der Waals surface area (Å²) in [7, 11) is 1.97. The fourth-order valence-corrected chi connectivity index (χ4v) is 3.84. The summed E-state index contributed by atoms with van der Waals surface area (Å²) >= 11 is 13.8. The molecular formula is C14H19Cl2N3S. The van der Waals surface area contributed by atoms with Gasteiger partial charge in [0.25, 0.3) is 0 Å². The first-order chi connectivity index (χ1) is 9.51. The Morgan fingerprint density at radius 3 is 2.65 bits per heavy atom. The van der Waals surface area contributed by atoms with E-state index in [1.807, 2.05) is 24.7 Å². The van der Waals surface area contributed by atoms with Crippen LogP contribution in [0.2, 0.25) is 8.67 Å². The molecule has 0 aliphatic rings. The first-order valence-corrected chi connectivity index (χ1v) is 8.26. The van der Waals surface area contributed by atoms with Gasteiger partial charge in [-0.1, -0.05) is 30.1 Å². The number of nitrogens with one attached hydrogen (secondary N) is 1. The molecule has 0 amide bonds. The van der Waals surface area contributed by atoms with Gasteiger partial charge in [0.1, 0.15) is 0 Å². The van der Waals surface area contributed by atoms with Crippen molar-refractivity contribution in [3.8, 4) is 0 Å². The fraction of sp³-hybridized carbons (Fsp3) is 0.500. The summed E-state index contributed by atoms with van der Waals surface area (Å²) in [6.07, 6.45) is 1.93. The van der Waals surface area contributed by atoms with Crippen molar-refractivity contribution in [2.24, 2.45) is 7.05 Å². The van der Waals surface area contributed by atoms with Crippen LogP contribution in [0.4, 0.5) is 0 Å². The van der Waals surface area contributed by atoms with Gasteiger partial charge >= 0.3 is 0 Å². The molecule has 0 saturated heterocycles. The Morgan fingerprint density at radius 2 is 2.15 bits per heavy atom. The highest BCUT2D eigenvalue weighted by Gasteiger charge is 2.19. The molecule has 0 aliphatic heterocycles. The molecule has 1 N–H and O–H groups in total. The van der Waals surface area contributed by atoms with Gasteiger partial charge in [0.15, 0.2) is 0 Å². The van der Waals surface area contributed by atoms with Crippen molar-refractivity contribution in [1.82, 2.24) is 15.1 Å². The van der Waals surface area contributed by atoms with Crippen molar-refractivity contribution in [3.05, 3.63) is 37.8 Å². The Balaban J connectivity index is 2.23. The molecule has 20 heavy (non-hydrogen) atoms. The Hall–Kier alpha value is -0.550. The molecule has 0 bridgehead atoms. The Kier molecular flexibility index (Phi) is 5.49. The molecule has 1 atom stereocenters. The Morgan fingerprint density at radius 1 is 1.40 bits per heavy atom. The average Bonchev–Trinajstić information content (AvgIpc) is 2.87. The van der Waals surface area contributed by atoms with E-state index in [1.165, 1.54) is 17.0 Å². The minimum absolute atomic E-state index is 0.168. The van der Waals surface area contributed by atoms with Crippen LogP contribution in [0.5, 0.6) is 0 Å². The highest BCUT2D eigenvalue weighted by Crippen LogP contribution is 2.36. The topological polar surface area (TPSA) is 29.9 Å². The molecule has 0 radical (unpaired) electrons. The normalized spacial score (nSPS) is 12.8. The summed E-state index contributed by atoms with van der Waals surface area (Å²) in [5.41, 5.74) is 3.30. The van der Waals surface area contributed by atoms with E-state index in [0.29, 0.717) is 0 Å². The highest BCUT2D eigenvalue weighted by molar-refractivity contribution is 7.20. The lowest BCUT2D eigenvalue weighted by atomic mass is 10.0. The number of hydrogen-bond acceptors (Lipinski definition) is 3. The number of aryl methyl sites for hydroxylation is 2. The summed E-state index contributed by atoms with van der Waals surface area (Å²) in [4.78, 5) is 0. The SMILES string of the molecule is CCCNC(Cc1cc(C)nn1C)c1cc(Cl)sc1Cl. The molecular weight excluding hydrogens is 313 g/mol. The van der Waals surface area contributed by atoms with Gasteiger partial charge in [-0.15, -0.1) is 11.3 Å². The maximum atomic E-state index is 6.30. The summed E-state index contributed by atoms with van der Waals surface area (Å²) in [5, 5.41) is 7.95. The molecule has 3 nitrogen and oxygen atoms in total. The van der Waals surface area contributed by atoms with E-state index in [4.69, 9.17) is 23.2 Å². The van der Waals surface area contributed by atoms with E-state index >= 15 is 0 Å². The molecule has 2 aromatic rings. The van der Waals surface area contributed by atoms with Crippen molar-refractivity contribution >= 4 is 34.5 Å². The number of thiophene rings is 1. The van der Waals surface area contributed by atoms with Crippen LogP contribution in [0.15, 0.2) is 12.1 Å². The minimum atomic E-state index is 0.168. The number of nitrogens with zero attached hydrogens (tertiary/aromatic N) is 2. The van der Waals surface area contributed by atoms with Crippen LogP contribution in [0.1, 0.15) is 36.3 Å². The number of rotatable bonds is 6. The van der Waals surface area contributed by atoms with Gasteiger partial charge < -0.3 is 5.32 Å². The van der Waals surface area contributed by atoms with E-state index in [1.54, 1.807) is 0 Å². The quantitative estimate of drug-likeness (QED) is 0.851. The third kappa shape index (κ3) is 3.76. The minimum Gasteiger partial charge on any atom is -0.310 e. The molecule has 2 aromatic heterocycles. The van der Waals surface area contributed by atoms with E-state index < -0.39 is 0 Å². The Labute approximate surface area is 133 Å². The van der Waals surface area contributed by atoms with Crippen molar-refractivity contribution in [3.63, 3.8) is 0 Å². The van der Waals surface area contributed by atoms with Crippen molar-refractivity contribution < 1.29 is 0 Å². The number of hydrogen-bond donors (Lipinski definition) is 1. The third-order valence-electron chi connectivity index (χ3n) is 3.21. The predicted molar refractivity (Wildman–Crippen MR) is 87.0 cm³/mol. The first-order valence-electron chi connectivity index (χ1n) is 6.69. The molecule has 6 heteroatoms. The van der Waals surface area contributed by atoms with Gasteiger partial charge in [-0.05, 0) is 32.0 Å². The van der Waals surface area contributed by atoms with Crippen molar-refractivity contribution in [2.75, 3.05) is 6.54 Å². The molecule has 0 aromatic carbocycles. The molecule has 2 rings (SSSR count). The molecule has 2 heterocycles. The molecule has 0 aliphatic carbocycles. The zero-order chi connectivity index (χ0) is 14.7. The van der Waals surface area contributed by atoms with Crippen LogP contribution in [0, 0.1) is 6.92 Å². The molecule has 0 fully saturated rings.